The van der Waals surface area contributed by atoms with Crippen molar-refractivity contribution in [1.82, 2.24) is 10.5 Å². The van der Waals surface area contributed by atoms with Gasteiger partial charge >= 0.3 is 0 Å². The molecule has 1 N–H and O–H groups in total. The van der Waals surface area contributed by atoms with Gasteiger partial charge in [0.15, 0.2) is 5.76 Å². The fourth-order valence-electron chi connectivity index (χ4n) is 2.46. The first-order valence-corrected chi connectivity index (χ1v) is 7.15. The molecule has 1 aliphatic rings. The van der Waals surface area contributed by atoms with Gasteiger partial charge in [-0.15, -0.1) is 0 Å². The van der Waals surface area contributed by atoms with Gasteiger partial charge in [-0.05, 0) is 19.8 Å². The largest absolute Gasteiger partial charge is 0.368 e. The van der Waals surface area contributed by atoms with E-state index in [1.54, 1.807) is 0 Å². The predicted octanol–water partition coefficient (Wildman–Crippen LogP) is 2.45. The Morgan fingerprint density at radius 2 is 2.19 bits per heavy atom. The fraction of sp³-hybridized carbons (Fsp3) is 0.375. The van der Waals surface area contributed by atoms with Gasteiger partial charge in [-0.25, -0.2) is 0 Å². The highest BCUT2D eigenvalue weighted by Crippen LogP contribution is 2.25. The van der Waals surface area contributed by atoms with Crippen LogP contribution >= 0.6 is 0 Å². The van der Waals surface area contributed by atoms with Crippen LogP contribution in [0.15, 0.2) is 34.9 Å². The van der Waals surface area contributed by atoms with Gasteiger partial charge in [0.2, 0.25) is 5.91 Å². The summed E-state index contributed by atoms with van der Waals surface area (Å²) in [6, 6.07) is 9.81. The van der Waals surface area contributed by atoms with Gasteiger partial charge in [0.25, 0.3) is 0 Å². The molecule has 21 heavy (non-hydrogen) atoms. The molecule has 1 saturated heterocycles. The first-order chi connectivity index (χ1) is 10.3. The number of benzene rings is 1. The van der Waals surface area contributed by atoms with Crippen LogP contribution in [0.25, 0.3) is 11.3 Å². The highest BCUT2D eigenvalue weighted by Gasteiger charge is 2.24. The Bertz CT molecular complexity index is 616. The number of rotatable bonds is 4. The second-order valence-corrected chi connectivity index (χ2v) is 5.17. The number of carbonyl (C=O) groups is 1. The lowest BCUT2D eigenvalue weighted by atomic mass is 10.1. The number of hydrogen-bond acceptors (Lipinski definition) is 4. The van der Waals surface area contributed by atoms with Crippen LogP contribution in [0, 0.1) is 6.92 Å². The number of aromatic nitrogens is 1. The molecule has 0 spiro atoms. The molecule has 1 fully saturated rings. The van der Waals surface area contributed by atoms with Crippen molar-refractivity contribution in [2.24, 2.45) is 0 Å². The minimum absolute atomic E-state index is 0.0730. The summed E-state index contributed by atoms with van der Waals surface area (Å²) in [5.41, 5.74) is 2.69. The molecular weight excluding hydrogens is 268 g/mol. The smallest absolute Gasteiger partial charge is 0.249 e. The molecule has 0 radical (unpaired) electrons. The van der Waals surface area contributed by atoms with Gasteiger partial charge in [0, 0.05) is 17.7 Å². The minimum Gasteiger partial charge on any atom is -0.368 e. The second-order valence-electron chi connectivity index (χ2n) is 5.17. The van der Waals surface area contributed by atoms with E-state index in [2.05, 4.69) is 10.5 Å². The monoisotopic (exact) mass is 286 g/mol. The highest BCUT2D eigenvalue weighted by molar-refractivity contribution is 5.81. The van der Waals surface area contributed by atoms with Gasteiger partial charge in [0.05, 0.1) is 6.54 Å². The third-order valence-corrected chi connectivity index (χ3v) is 3.71. The summed E-state index contributed by atoms with van der Waals surface area (Å²) in [6.45, 7) is 2.98. The zero-order valence-corrected chi connectivity index (χ0v) is 12.0. The summed E-state index contributed by atoms with van der Waals surface area (Å²) in [5, 5.41) is 6.92. The maximum atomic E-state index is 11.9. The lowest BCUT2D eigenvalue weighted by Crippen LogP contribution is -2.33. The third-order valence-electron chi connectivity index (χ3n) is 3.71. The fourth-order valence-corrected chi connectivity index (χ4v) is 2.46. The molecule has 1 aromatic carbocycles. The first-order valence-electron chi connectivity index (χ1n) is 7.15. The Kier molecular flexibility index (Phi) is 4.01. The van der Waals surface area contributed by atoms with Crippen molar-refractivity contribution in [1.29, 1.82) is 0 Å². The van der Waals surface area contributed by atoms with Gasteiger partial charge in [0.1, 0.15) is 11.8 Å². The normalized spacial score (nSPS) is 17.9. The van der Waals surface area contributed by atoms with Crippen molar-refractivity contribution in [3.8, 4) is 11.3 Å². The Hall–Kier alpha value is -2.14. The Labute approximate surface area is 123 Å². The van der Waals surface area contributed by atoms with Crippen LogP contribution in [0.2, 0.25) is 0 Å². The van der Waals surface area contributed by atoms with E-state index in [0.717, 1.165) is 35.4 Å². The van der Waals surface area contributed by atoms with Crippen LogP contribution in [0.1, 0.15) is 24.1 Å². The van der Waals surface area contributed by atoms with Gasteiger partial charge in [-0.1, -0.05) is 35.5 Å². The maximum Gasteiger partial charge on any atom is 0.249 e. The van der Waals surface area contributed by atoms with E-state index in [0.29, 0.717) is 13.2 Å². The van der Waals surface area contributed by atoms with E-state index in [4.69, 9.17) is 9.26 Å². The van der Waals surface area contributed by atoms with Crippen molar-refractivity contribution < 1.29 is 14.1 Å². The van der Waals surface area contributed by atoms with Crippen molar-refractivity contribution in [3.05, 3.63) is 41.6 Å². The summed E-state index contributed by atoms with van der Waals surface area (Å²) < 4.78 is 10.8. The number of nitrogens with zero attached hydrogens (tertiary/aromatic N) is 1. The van der Waals surface area contributed by atoms with Crippen molar-refractivity contribution in [3.63, 3.8) is 0 Å². The zero-order chi connectivity index (χ0) is 14.7. The summed E-state index contributed by atoms with van der Waals surface area (Å²) in [6.07, 6.45) is 1.42. The van der Waals surface area contributed by atoms with Gasteiger partial charge in [-0.2, -0.15) is 0 Å². The first kappa shape index (κ1) is 13.8. The van der Waals surface area contributed by atoms with Crippen LogP contribution < -0.4 is 5.32 Å². The molecule has 1 aliphatic heterocycles. The van der Waals surface area contributed by atoms with Gasteiger partial charge in [-0.3, -0.25) is 4.79 Å². The standard InChI is InChI=1S/C16H18N2O3/c1-11-13(10-17-16(19)14-8-5-9-20-14)18-21-15(11)12-6-3-2-4-7-12/h2-4,6-7,14H,5,8-10H2,1H3,(H,17,19). The quantitative estimate of drug-likeness (QED) is 0.937. The molecule has 1 atom stereocenters. The van der Waals surface area contributed by atoms with E-state index in [1.165, 1.54) is 0 Å². The molecule has 0 bridgehead atoms. The predicted molar refractivity (Wildman–Crippen MR) is 77.5 cm³/mol. The van der Waals surface area contributed by atoms with Crippen LogP contribution in [0.4, 0.5) is 0 Å². The molecule has 0 aliphatic carbocycles. The summed E-state index contributed by atoms with van der Waals surface area (Å²) >= 11 is 0. The number of ether oxygens (including phenoxy) is 1. The second kappa shape index (κ2) is 6.10. The summed E-state index contributed by atoms with van der Waals surface area (Å²) in [7, 11) is 0. The van der Waals surface area contributed by atoms with E-state index in [9.17, 15) is 4.79 Å². The number of carbonyl (C=O) groups excluding carboxylic acids is 1. The van der Waals surface area contributed by atoms with E-state index >= 15 is 0 Å². The average molecular weight is 286 g/mol. The molecule has 2 aromatic rings. The topological polar surface area (TPSA) is 64.4 Å². The number of hydrogen-bond donors (Lipinski definition) is 1. The lowest BCUT2D eigenvalue weighted by Gasteiger charge is -2.09. The minimum atomic E-state index is -0.314. The zero-order valence-electron chi connectivity index (χ0n) is 12.0. The lowest BCUT2D eigenvalue weighted by molar-refractivity contribution is -0.130. The Morgan fingerprint density at radius 3 is 2.90 bits per heavy atom. The van der Waals surface area contributed by atoms with E-state index in [1.807, 2.05) is 37.3 Å². The number of nitrogens with one attached hydrogen (secondary N) is 1. The van der Waals surface area contributed by atoms with Crippen LogP contribution in [-0.4, -0.2) is 23.8 Å². The SMILES string of the molecule is Cc1c(CNC(=O)C2CCCO2)noc1-c1ccccc1. The summed E-state index contributed by atoms with van der Waals surface area (Å²) in [4.78, 5) is 11.9. The third kappa shape index (κ3) is 2.97. The highest BCUT2D eigenvalue weighted by atomic mass is 16.5. The van der Waals surface area contributed by atoms with Crippen molar-refractivity contribution in [2.75, 3.05) is 6.61 Å². The maximum absolute atomic E-state index is 11.9. The van der Waals surface area contributed by atoms with Crippen LogP contribution in [0.5, 0.6) is 0 Å². The molecular formula is C16H18N2O3. The average Bonchev–Trinajstić information content (AvgIpc) is 3.16. The van der Waals surface area contributed by atoms with E-state index in [-0.39, 0.29) is 12.0 Å². The van der Waals surface area contributed by atoms with Crippen molar-refractivity contribution >= 4 is 5.91 Å². The molecule has 2 heterocycles. The molecule has 1 aromatic heterocycles. The Balaban J connectivity index is 1.67. The van der Waals surface area contributed by atoms with Gasteiger partial charge < -0.3 is 14.6 Å². The molecule has 110 valence electrons. The van der Waals surface area contributed by atoms with Crippen LogP contribution in [0.3, 0.4) is 0 Å². The molecule has 5 heteroatoms. The van der Waals surface area contributed by atoms with E-state index < -0.39 is 0 Å². The Morgan fingerprint density at radius 1 is 1.38 bits per heavy atom. The van der Waals surface area contributed by atoms with Crippen molar-refractivity contribution in [2.45, 2.75) is 32.4 Å². The molecule has 3 rings (SSSR count). The molecule has 5 nitrogen and oxygen atoms in total. The molecule has 0 saturated carbocycles. The molecule has 1 amide bonds. The van der Waals surface area contributed by atoms with Crippen LogP contribution in [-0.2, 0) is 16.1 Å². The summed E-state index contributed by atoms with van der Waals surface area (Å²) in [5.74, 6) is 0.674. The molecule has 1 unspecified atom stereocenters. The number of amides is 1.